The molecule has 0 N–H and O–H groups in total. The van der Waals surface area contributed by atoms with Crippen LogP contribution in [0.3, 0.4) is 0 Å². The molecule has 0 unspecified atom stereocenters. The van der Waals surface area contributed by atoms with Crippen LogP contribution in [0.4, 0.5) is 26.3 Å². The second-order valence-electron chi connectivity index (χ2n) is 17.4. The molecule has 0 radical (unpaired) electrons. The predicted molar refractivity (Wildman–Crippen MR) is 201 cm³/mol. The first kappa shape index (κ1) is 41.2. The topological polar surface area (TPSA) is 0 Å². The lowest BCUT2D eigenvalue weighted by molar-refractivity contribution is 0.155. The van der Waals surface area contributed by atoms with Gasteiger partial charge in [-0.15, -0.1) is 0 Å². The highest BCUT2D eigenvalue weighted by Gasteiger charge is 2.33. The van der Waals surface area contributed by atoms with E-state index < -0.39 is 34.9 Å². The van der Waals surface area contributed by atoms with Gasteiger partial charge < -0.3 is 0 Å². The Hall–Kier alpha value is -1.98. The molecule has 0 amide bonds. The van der Waals surface area contributed by atoms with Gasteiger partial charge in [-0.3, -0.25) is 0 Å². The van der Waals surface area contributed by atoms with Gasteiger partial charge in [-0.25, -0.2) is 26.3 Å². The number of halogens is 6. The lowest BCUT2D eigenvalue weighted by atomic mass is 9.68. The van der Waals surface area contributed by atoms with Gasteiger partial charge >= 0.3 is 0 Å². The Balaban J connectivity index is 0.000000201. The third kappa shape index (κ3) is 11.5. The van der Waals surface area contributed by atoms with Crippen LogP contribution in [0.25, 0.3) is 0 Å². The van der Waals surface area contributed by atoms with Crippen LogP contribution in [-0.4, -0.2) is 0 Å². The minimum Gasteiger partial charge on any atom is -0.204 e. The highest BCUT2D eigenvalue weighted by Crippen LogP contribution is 2.46. The van der Waals surface area contributed by atoms with Gasteiger partial charge in [0.2, 0.25) is 0 Å². The minimum atomic E-state index is -1.35. The smallest absolute Gasteiger partial charge is 0.194 e. The summed E-state index contributed by atoms with van der Waals surface area (Å²) < 4.78 is 80.3. The average molecular weight is 733 g/mol. The van der Waals surface area contributed by atoms with Gasteiger partial charge in [0, 0.05) is 0 Å². The molecule has 2 aromatic carbocycles. The Morgan fingerprint density at radius 1 is 0.385 bits per heavy atom. The van der Waals surface area contributed by atoms with Crippen molar-refractivity contribution >= 4 is 0 Å². The highest BCUT2D eigenvalue weighted by atomic mass is 19.2. The molecule has 52 heavy (non-hydrogen) atoms. The molecular weight excluding hydrogens is 666 g/mol. The van der Waals surface area contributed by atoms with Crippen molar-refractivity contribution in [2.75, 3.05) is 0 Å². The third-order valence-corrected chi connectivity index (χ3v) is 14.0. The summed E-state index contributed by atoms with van der Waals surface area (Å²) in [4.78, 5) is 0. The van der Waals surface area contributed by atoms with Crippen LogP contribution in [-0.2, 0) is 0 Å². The zero-order chi connectivity index (χ0) is 37.0. The van der Waals surface area contributed by atoms with Crippen LogP contribution in [0.1, 0.15) is 191 Å². The summed E-state index contributed by atoms with van der Waals surface area (Å²) in [6, 6.07) is 4.80. The van der Waals surface area contributed by atoms with E-state index in [1.54, 1.807) is 0 Å². The number of rotatable bonds is 12. The Morgan fingerprint density at radius 3 is 0.923 bits per heavy atom. The Kier molecular flexibility index (Phi) is 16.3. The van der Waals surface area contributed by atoms with Crippen molar-refractivity contribution in [2.24, 2.45) is 35.5 Å². The van der Waals surface area contributed by atoms with E-state index in [2.05, 4.69) is 13.8 Å². The molecule has 4 fully saturated rings. The summed E-state index contributed by atoms with van der Waals surface area (Å²) in [7, 11) is 0. The van der Waals surface area contributed by atoms with Crippen LogP contribution >= 0.6 is 0 Å². The lowest BCUT2D eigenvalue weighted by Crippen LogP contribution is -2.25. The maximum Gasteiger partial charge on any atom is 0.194 e. The van der Waals surface area contributed by atoms with Crippen LogP contribution in [0.15, 0.2) is 24.3 Å². The maximum atomic E-state index is 13.5. The van der Waals surface area contributed by atoms with Crippen molar-refractivity contribution in [2.45, 2.75) is 180 Å². The van der Waals surface area contributed by atoms with E-state index in [0.717, 1.165) is 86.9 Å². The highest BCUT2D eigenvalue weighted by molar-refractivity contribution is 5.24. The van der Waals surface area contributed by atoms with Gasteiger partial charge in [0.25, 0.3) is 0 Å². The molecule has 2 aromatic rings. The fourth-order valence-electron chi connectivity index (χ4n) is 10.7. The normalized spacial score (nSPS) is 29.7. The summed E-state index contributed by atoms with van der Waals surface area (Å²) in [6.07, 6.45) is 30.5. The van der Waals surface area contributed by atoms with Gasteiger partial charge in [-0.1, -0.05) is 90.9 Å². The van der Waals surface area contributed by atoms with E-state index in [9.17, 15) is 26.3 Å². The molecular formula is C46H66F6. The fraction of sp³-hybridized carbons (Fsp3) is 0.739. The van der Waals surface area contributed by atoms with E-state index in [0.29, 0.717) is 11.1 Å². The van der Waals surface area contributed by atoms with E-state index in [4.69, 9.17) is 0 Å². The van der Waals surface area contributed by atoms with Crippen molar-refractivity contribution in [3.8, 4) is 0 Å². The standard InChI is InChI=1S/2C23H33F3/c2*1-2-3-4-5-16-6-8-17(9-7-16)18-10-12-19(13-11-18)20-14-21(24)23(26)22(25)15-20/h2*14-19H,2-13H2,1H3. The molecule has 0 aromatic heterocycles. The number of hydrogen-bond donors (Lipinski definition) is 0. The molecule has 0 nitrogen and oxygen atoms in total. The number of hydrogen-bond acceptors (Lipinski definition) is 0. The Bertz CT molecular complexity index is 1190. The largest absolute Gasteiger partial charge is 0.204 e. The van der Waals surface area contributed by atoms with E-state index in [1.807, 2.05) is 0 Å². The van der Waals surface area contributed by atoms with Crippen LogP contribution < -0.4 is 0 Å². The van der Waals surface area contributed by atoms with Gasteiger partial charge in [0.05, 0.1) is 0 Å². The molecule has 0 spiro atoms. The molecule has 0 aliphatic heterocycles. The first-order chi connectivity index (χ1) is 25.2. The van der Waals surface area contributed by atoms with Crippen molar-refractivity contribution < 1.29 is 26.3 Å². The first-order valence-electron chi connectivity index (χ1n) is 21.4. The fourth-order valence-corrected chi connectivity index (χ4v) is 10.7. The molecule has 4 aliphatic rings. The van der Waals surface area contributed by atoms with Crippen molar-refractivity contribution in [3.63, 3.8) is 0 Å². The van der Waals surface area contributed by atoms with Crippen LogP contribution in [0, 0.1) is 70.4 Å². The quantitative estimate of drug-likeness (QED) is 0.116. The zero-order valence-corrected chi connectivity index (χ0v) is 32.2. The predicted octanol–water partition coefficient (Wildman–Crippen LogP) is 15.5. The Morgan fingerprint density at radius 2 is 0.654 bits per heavy atom. The summed E-state index contributed by atoms with van der Waals surface area (Å²) in [5, 5.41) is 0. The molecule has 0 atom stereocenters. The number of benzene rings is 2. The zero-order valence-electron chi connectivity index (χ0n) is 32.2. The summed E-state index contributed by atoms with van der Waals surface area (Å²) in [5.41, 5.74) is 1.28. The SMILES string of the molecule is CCCCCC1CCC(C2CCC(c3cc(F)c(F)c(F)c3)CC2)CC1.CCCCCC1CCC(C2CCC(c3cc(F)c(F)c(F)c3)CC2)CC1. The van der Waals surface area contributed by atoms with E-state index >= 15 is 0 Å². The van der Waals surface area contributed by atoms with Gasteiger partial charge in [0.15, 0.2) is 34.9 Å². The average Bonchev–Trinajstić information content (AvgIpc) is 3.17. The van der Waals surface area contributed by atoms with Crippen LogP contribution in [0.5, 0.6) is 0 Å². The van der Waals surface area contributed by atoms with E-state index in [1.165, 1.54) is 127 Å². The molecule has 0 bridgehead atoms. The molecule has 0 saturated heterocycles. The molecule has 4 saturated carbocycles. The van der Waals surface area contributed by atoms with Gasteiger partial charge in [-0.05, 0) is 160 Å². The molecule has 6 heteroatoms. The molecule has 6 rings (SSSR count). The summed E-state index contributed by atoms with van der Waals surface area (Å²) in [6.45, 7) is 4.53. The van der Waals surface area contributed by atoms with Crippen LogP contribution in [0.2, 0.25) is 0 Å². The minimum absolute atomic E-state index is 0.182. The van der Waals surface area contributed by atoms with Gasteiger partial charge in [-0.2, -0.15) is 0 Å². The Labute approximate surface area is 311 Å². The second-order valence-corrected chi connectivity index (χ2v) is 17.4. The second kappa shape index (κ2) is 20.6. The molecule has 292 valence electrons. The monoisotopic (exact) mass is 733 g/mol. The van der Waals surface area contributed by atoms with Crippen molar-refractivity contribution in [3.05, 3.63) is 70.3 Å². The third-order valence-electron chi connectivity index (χ3n) is 14.0. The van der Waals surface area contributed by atoms with Crippen molar-refractivity contribution in [1.82, 2.24) is 0 Å². The lowest BCUT2D eigenvalue weighted by Gasteiger charge is -2.38. The number of unbranched alkanes of at least 4 members (excludes halogenated alkanes) is 4. The first-order valence-corrected chi connectivity index (χ1v) is 21.4. The van der Waals surface area contributed by atoms with Gasteiger partial charge in [0.1, 0.15) is 0 Å². The van der Waals surface area contributed by atoms with Crippen molar-refractivity contribution in [1.29, 1.82) is 0 Å². The summed E-state index contributed by atoms with van der Waals surface area (Å²) in [5.74, 6) is -1.41. The maximum absolute atomic E-state index is 13.5. The van der Waals surface area contributed by atoms with E-state index in [-0.39, 0.29) is 11.8 Å². The molecule has 0 heterocycles. The molecule has 4 aliphatic carbocycles. The summed E-state index contributed by atoms with van der Waals surface area (Å²) >= 11 is 0.